The van der Waals surface area contributed by atoms with Crippen molar-refractivity contribution in [1.82, 2.24) is 4.98 Å². The number of thioether (sulfide) groups is 1. The Bertz CT molecular complexity index is 511. The van der Waals surface area contributed by atoms with Gasteiger partial charge in [-0.2, -0.15) is 4.39 Å². The van der Waals surface area contributed by atoms with Crippen molar-refractivity contribution < 1.29 is 13.5 Å². The molecular weight excluding hydrogens is 256 g/mol. The summed E-state index contributed by atoms with van der Waals surface area (Å²) in [5.41, 5.74) is 0.962. The molecule has 1 aromatic heterocycles. The number of halogens is 2. The summed E-state index contributed by atoms with van der Waals surface area (Å²) in [5, 5.41) is 0. The number of methoxy groups -OCH3 is 1. The van der Waals surface area contributed by atoms with Gasteiger partial charge in [0.2, 0.25) is 5.95 Å². The Kier molecular flexibility index (Phi) is 4.15. The maximum Gasteiger partial charge on any atom is 0.229 e. The van der Waals surface area contributed by atoms with Crippen molar-refractivity contribution in [1.29, 1.82) is 0 Å². The Hall–Kier alpha value is -1.62. The molecule has 0 aliphatic heterocycles. The maximum atomic E-state index is 13.4. The lowest BCUT2D eigenvalue weighted by Gasteiger charge is -2.05. The van der Waals surface area contributed by atoms with Crippen LogP contribution in [0, 0.1) is 11.8 Å². The zero-order valence-corrected chi connectivity index (χ0v) is 10.5. The van der Waals surface area contributed by atoms with Gasteiger partial charge >= 0.3 is 0 Å². The molecule has 1 aromatic carbocycles. The highest BCUT2D eigenvalue weighted by Gasteiger charge is 2.10. The van der Waals surface area contributed by atoms with E-state index in [0.717, 1.165) is 35.3 Å². The first-order valence-electron chi connectivity index (χ1n) is 5.26. The van der Waals surface area contributed by atoms with E-state index < -0.39 is 11.8 Å². The van der Waals surface area contributed by atoms with Crippen LogP contribution in [0.5, 0.6) is 5.75 Å². The zero-order chi connectivity index (χ0) is 13.0. The first-order valence-corrected chi connectivity index (χ1v) is 6.25. The molecule has 2 rings (SSSR count). The summed E-state index contributed by atoms with van der Waals surface area (Å²) in [6.07, 6.45) is 1.11. The van der Waals surface area contributed by atoms with Crippen molar-refractivity contribution in [2.45, 2.75) is 10.6 Å². The highest BCUT2D eigenvalue weighted by Crippen LogP contribution is 2.27. The minimum atomic E-state index is -0.770. The Labute approximate surface area is 108 Å². The molecule has 0 N–H and O–H groups in total. The van der Waals surface area contributed by atoms with Gasteiger partial charge in [0.1, 0.15) is 11.6 Å². The third-order valence-corrected chi connectivity index (χ3v) is 3.49. The van der Waals surface area contributed by atoms with Crippen molar-refractivity contribution in [3.63, 3.8) is 0 Å². The van der Waals surface area contributed by atoms with Gasteiger partial charge in [0.25, 0.3) is 0 Å². The Balaban J connectivity index is 2.06. The molecule has 0 saturated heterocycles. The molecule has 0 atom stereocenters. The van der Waals surface area contributed by atoms with Crippen LogP contribution in [0.3, 0.4) is 0 Å². The Morgan fingerprint density at radius 3 is 2.50 bits per heavy atom. The molecule has 18 heavy (non-hydrogen) atoms. The van der Waals surface area contributed by atoms with E-state index in [2.05, 4.69) is 4.98 Å². The van der Waals surface area contributed by atoms with Crippen molar-refractivity contribution in [2.24, 2.45) is 0 Å². The summed E-state index contributed by atoms with van der Waals surface area (Å²) in [6.45, 7) is 0. The lowest BCUT2D eigenvalue weighted by Crippen LogP contribution is -1.92. The lowest BCUT2D eigenvalue weighted by atomic mass is 10.2. The monoisotopic (exact) mass is 267 g/mol. The van der Waals surface area contributed by atoms with Crippen LogP contribution >= 0.6 is 11.8 Å². The molecular formula is C13H11F2NOS. The van der Waals surface area contributed by atoms with E-state index in [1.165, 1.54) is 0 Å². The number of pyridine rings is 1. The van der Waals surface area contributed by atoms with Gasteiger partial charge in [0.05, 0.1) is 12.0 Å². The number of hydrogen-bond acceptors (Lipinski definition) is 3. The van der Waals surface area contributed by atoms with Crippen LogP contribution in [-0.2, 0) is 5.75 Å². The number of benzene rings is 1. The number of aromatic nitrogens is 1. The molecule has 0 fully saturated rings. The van der Waals surface area contributed by atoms with Gasteiger partial charge in [-0.3, -0.25) is 0 Å². The molecule has 0 bridgehead atoms. The molecule has 94 valence electrons. The second-order valence-corrected chi connectivity index (χ2v) is 4.54. The van der Waals surface area contributed by atoms with E-state index in [9.17, 15) is 8.78 Å². The predicted octanol–water partition coefficient (Wildman–Crippen LogP) is 3.66. The van der Waals surface area contributed by atoms with E-state index >= 15 is 0 Å². The third kappa shape index (κ3) is 2.98. The molecule has 0 amide bonds. The number of rotatable bonds is 4. The summed E-state index contributed by atoms with van der Waals surface area (Å²) in [4.78, 5) is 3.38. The van der Waals surface area contributed by atoms with E-state index in [0.29, 0.717) is 5.75 Å². The van der Waals surface area contributed by atoms with Gasteiger partial charge in [0, 0.05) is 11.9 Å². The molecule has 2 aromatic rings. The summed E-state index contributed by atoms with van der Waals surface area (Å²) in [6, 6.07) is 8.49. The van der Waals surface area contributed by atoms with Crippen molar-refractivity contribution in [3.05, 3.63) is 53.9 Å². The van der Waals surface area contributed by atoms with E-state index in [1.54, 1.807) is 7.11 Å². The SMILES string of the molecule is COc1ccc(CSc2c(F)ccnc2F)cc1. The molecule has 2 nitrogen and oxygen atoms in total. The second kappa shape index (κ2) is 5.82. The van der Waals surface area contributed by atoms with Crippen LogP contribution in [0.1, 0.15) is 5.56 Å². The minimum Gasteiger partial charge on any atom is -0.497 e. The first kappa shape index (κ1) is 12.8. The van der Waals surface area contributed by atoms with E-state index in [-0.39, 0.29) is 4.90 Å². The molecule has 1 heterocycles. The highest BCUT2D eigenvalue weighted by atomic mass is 32.2. The van der Waals surface area contributed by atoms with Crippen LogP contribution in [-0.4, -0.2) is 12.1 Å². The fourth-order valence-corrected chi connectivity index (χ4v) is 2.29. The van der Waals surface area contributed by atoms with Gasteiger partial charge in [-0.25, -0.2) is 9.37 Å². The number of hydrogen-bond donors (Lipinski definition) is 0. The average molecular weight is 267 g/mol. The normalized spacial score (nSPS) is 10.4. The van der Waals surface area contributed by atoms with Gasteiger partial charge in [-0.15, -0.1) is 11.8 Å². The average Bonchev–Trinajstić information content (AvgIpc) is 2.39. The van der Waals surface area contributed by atoms with Gasteiger partial charge in [-0.1, -0.05) is 12.1 Å². The van der Waals surface area contributed by atoms with Crippen molar-refractivity contribution in [2.75, 3.05) is 7.11 Å². The molecule has 0 unspecified atom stereocenters. The highest BCUT2D eigenvalue weighted by molar-refractivity contribution is 7.98. The number of ether oxygens (including phenoxy) is 1. The van der Waals surface area contributed by atoms with Crippen LogP contribution < -0.4 is 4.74 Å². The van der Waals surface area contributed by atoms with E-state index in [4.69, 9.17) is 4.74 Å². The molecule has 0 radical (unpaired) electrons. The molecule has 0 saturated carbocycles. The zero-order valence-electron chi connectivity index (χ0n) is 9.69. The minimum absolute atomic E-state index is 0.0479. The second-order valence-electron chi connectivity index (χ2n) is 3.55. The fraction of sp³-hybridized carbons (Fsp3) is 0.154. The summed E-state index contributed by atoms with van der Waals surface area (Å²) in [5.74, 6) is -0.124. The fourth-order valence-electron chi connectivity index (χ4n) is 1.41. The Morgan fingerprint density at radius 1 is 1.17 bits per heavy atom. The van der Waals surface area contributed by atoms with Crippen LogP contribution in [0.25, 0.3) is 0 Å². The van der Waals surface area contributed by atoms with Crippen LogP contribution in [0.15, 0.2) is 41.4 Å². The third-order valence-electron chi connectivity index (χ3n) is 2.36. The van der Waals surface area contributed by atoms with Crippen molar-refractivity contribution in [3.8, 4) is 5.75 Å². The van der Waals surface area contributed by atoms with Crippen molar-refractivity contribution >= 4 is 11.8 Å². The van der Waals surface area contributed by atoms with E-state index in [1.807, 2.05) is 24.3 Å². The largest absolute Gasteiger partial charge is 0.497 e. The summed E-state index contributed by atoms with van der Waals surface area (Å²) >= 11 is 1.09. The van der Waals surface area contributed by atoms with Gasteiger partial charge in [-0.05, 0) is 23.8 Å². The molecule has 5 heteroatoms. The quantitative estimate of drug-likeness (QED) is 0.623. The summed E-state index contributed by atoms with van der Waals surface area (Å²) < 4.78 is 31.7. The maximum absolute atomic E-state index is 13.4. The summed E-state index contributed by atoms with van der Waals surface area (Å²) in [7, 11) is 1.59. The Morgan fingerprint density at radius 2 is 1.89 bits per heavy atom. The van der Waals surface area contributed by atoms with Gasteiger partial charge in [0.15, 0.2) is 0 Å². The van der Waals surface area contributed by atoms with Crippen LogP contribution in [0.2, 0.25) is 0 Å². The van der Waals surface area contributed by atoms with Crippen LogP contribution in [0.4, 0.5) is 8.78 Å². The first-order chi connectivity index (χ1) is 8.70. The molecule has 0 spiro atoms. The molecule has 0 aliphatic carbocycles. The smallest absolute Gasteiger partial charge is 0.229 e. The topological polar surface area (TPSA) is 22.1 Å². The number of nitrogens with zero attached hydrogens (tertiary/aromatic N) is 1. The van der Waals surface area contributed by atoms with Gasteiger partial charge < -0.3 is 4.74 Å². The standard InChI is InChI=1S/C13H11F2NOS/c1-17-10-4-2-9(3-5-10)8-18-12-11(14)6-7-16-13(12)15/h2-7H,8H2,1H3. The lowest BCUT2D eigenvalue weighted by molar-refractivity contribution is 0.414. The molecule has 0 aliphatic rings. The predicted molar refractivity (Wildman–Crippen MR) is 66.7 cm³/mol.